The lowest BCUT2D eigenvalue weighted by atomic mass is 10.1. The predicted molar refractivity (Wildman–Crippen MR) is 97.8 cm³/mol. The van der Waals surface area contributed by atoms with Gasteiger partial charge >= 0.3 is 12.3 Å². The second-order valence-corrected chi connectivity index (χ2v) is 5.85. The van der Waals surface area contributed by atoms with Gasteiger partial charge in [0, 0.05) is 10.7 Å². The van der Waals surface area contributed by atoms with Crippen LogP contribution in [0.2, 0.25) is 5.02 Å². The van der Waals surface area contributed by atoms with Gasteiger partial charge in [0.05, 0.1) is 0 Å². The molecule has 150 valence electrons. The van der Waals surface area contributed by atoms with Gasteiger partial charge in [-0.3, -0.25) is 4.79 Å². The summed E-state index contributed by atoms with van der Waals surface area (Å²) in [4.78, 5) is 23.8. The number of nitrogens with one attached hydrogen (secondary N) is 1. The van der Waals surface area contributed by atoms with Crippen molar-refractivity contribution in [1.29, 1.82) is 5.26 Å². The molecule has 0 radical (unpaired) electrons. The number of nitrogens with zero attached hydrogens (tertiary/aromatic N) is 1. The summed E-state index contributed by atoms with van der Waals surface area (Å²) in [6, 6.07) is 12.4. The minimum absolute atomic E-state index is 0.165. The standard InChI is InChI=1S/C19H12ClF3N2O4/c20-14-3-1-12(2-4-14)9-13(10-24)18(27)28-11-17(26)25-15-5-7-16(8-6-15)29-19(21,22)23/h1-9H,11H2,(H,25,26)/b13-9-. The molecule has 0 atom stereocenters. The number of ether oxygens (including phenoxy) is 2. The number of benzene rings is 2. The third kappa shape index (κ3) is 7.56. The van der Waals surface area contributed by atoms with Crippen LogP contribution in [0.3, 0.4) is 0 Å². The van der Waals surface area contributed by atoms with Crippen LogP contribution in [-0.2, 0) is 14.3 Å². The van der Waals surface area contributed by atoms with Crippen LogP contribution < -0.4 is 10.1 Å². The summed E-state index contributed by atoms with van der Waals surface area (Å²) in [6.07, 6.45) is -3.55. The van der Waals surface area contributed by atoms with Crippen LogP contribution in [0.1, 0.15) is 5.56 Å². The highest BCUT2D eigenvalue weighted by Crippen LogP contribution is 2.24. The Morgan fingerprint density at radius 2 is 1.72 bits per heavy atom. The number of carbonyl (C=O) groups excluding carboxylic acids is 2. The Bertz CT molecular complexity index is 949. The molecule has 0 bridgehead atoms. The maximum atomic E-state index is 12.1. The van der Waals surface area contributed by atoms with Crippen LogP contribution in [-0.4, -0.2) is 24.8 Å². The normalized spacial score (nSPS) is 11.3. The Hall–Kier alpha value is -3.51. The third-order valence-corrected chi connectivity index (χ3v) is 3.48. The third-order valence-electron chi connectivity index (χ3n) is 3.23. The maximum absolute atomic E-state index is 12.1. The zero-order valence-corrected chi connectivity index (χ0v) is 15.3. The SMILES string of the molecule is N#C/C(=C/c1ccc(Cl)cc1)C(=O)OCC(=O)Nc1ccc(OC(F)(F)F)cc1. The zero-order chi connectivity index (χ0) is 21.4. The number of carbonyl (C=O) groups is 2. The fourth-order valence-electron chi connectivity index (χ4n) is 2.01. The van der Waals surface area contributed by atoms with Gasteiger partial charge in [-0.1, -0.05) is 23.7 Å². The first-order valence-corrected chi connectivity index (χ1v) is 8.24. The highest BCUT2D eigenvalue weighted by atomic mass is 35.5. The van der Waals surface area contributed by atoms with Gasteiger partial charge in [-0.2, -0.15) is 5.26 Å². The van der Waals surface area contributed by atoms with E-state index in [1.165, 1.54) is 18.2 Å². The summed E-state index contributed by atoms with van der Waals surface area (Å²) < 4.78 is 44.8. The molecule has 0 heterocycles. The quantitative estimate of drug-likeness (QED) is 0.423. The molecule has 2 aromatic carbocycles. The molecule has 0 saturated heterocycles. The number of nitriles is 1. The van der Waals surface area contributed by atoms with Crippen molar-refractivity contribution in [3.63, 3.8) is 0 Å². The Morgan fingerprint density at radius 1 is 1.10 bits per heavy atom. The lowest BCUT2D eigenvalue weighted by Gasteiger charge is -2.10. The van der Waals surface area contributed by atoms with E-state index in [1.807, 2.05) is 0 Å². The van der Waals surface area contributed by atoms with Crippen LogP contribution >= 0.6 is 11.6 Å². The number of esters is 1. The van der Waals surface area contributed by atoms with Gasteiger partial charge in [0.15, 0.2) is 6.61 Å². The van der Waals surface area contributed by atoms with E-state index in [2.05, 4.69) is 10.1 Å². The molecule has 10 heteroatoms. The lowest BCUT2D eigenvalue weighted by molar-refractivity contribution is -0.274. The number of hydrogen-bond donors (Lipinski definition) is 1. The minimum Gasteiger partial charge on any atom is -0.451 e. The van der Waals surface area contributed by atoms with E-state index in [0.29, 0.717) is 10.6 Å². The molecule has 2 rings (SSSR count). The van der Waals surface area contributed by atoms with Gasteiger partial charge in [0.2, 0.25) is 0 Å². The average molecular weight is 425 g/mol. The molecule has 0 fully saturated rings. The highest BCUT2D eigenvalue weighted by Gasteiger charge is 2.30. The van der Waals surface area contributed by atoms with E-state index in [4.69, 9.17) is 21.6 Å². The van der Waals surface area contributed by atoms with Crippen molar-refractivity contribution in [2.45, 2.75) is 6.36 Å². The molecule has 0 aliphatic carbocycles. The van der Waals surface area contributed by atoms with Crippen molar-refractivity contribution in [3.8, 4) is 11.8 Å². The minimum atomic E-state index is -4.82. The maximum Gasteiger partial charge on any atom is 0.573 e. The van der Waals surface area contributed by atoms with Crippen LogP contribution in [0.25, 0.3) is 6.08 Å². The monoisotopic (exact) mass is 424 g/mol. The van der Waals surface area contributed by atoms with Crippen molar-refractivity contribution in [2.75, 3.05) is 11.9 Å². The molecule has 0 unspecified atom stereocenters. The van der Waals surface area contributed by atoms with Crippen molar-refractivity contribution < 1.29 is 32.2 Å². The van der Waals surface area contributed by atoms with E-state index in [0.717, 1.165) is 12.1 Å². The summed E-state index contributed by atoms with van der Waals surface area (Å²) in [5, 5.41) is 11.9. The first-order valence-electron chi connectivity index (χ1n) is 7.86. The van der Waals surface area contributed by atoms with Gasteiger partial charge in [-0.25, -0.2) is 4.79 Å². The number of rotatable bonds is 6. The molecule has 6 nitrogen and oxygen atoms in total. The predicted octanol–water partition coefficient (Wildman–Crippen LogP) is 4.33. The Balaban J connectivity index is 1.90. The molecule has 0 spiro atoms. The molecule has 0 aliphatic heterocycles. The molecule has 2 aromatic rings. The first kappa shape index (κ1) is 21.8. The molecule has 1 amide bonds. The zero-order valence-electron chi connectivity index (χ0n) is 14.5. The molecule has 0 aliphatic rings. The molecule has 0 aromatic heterocycles. The topological polar surface area (TPSA) is 88.4 Å². The smallest absolute Gasteiger partial charge is 0.451 e. The van der Waals surface area contributed by atoms with E-state index < -0.39 is 30.6 Å². The number of amides is 1. The fraction of sp³-hybridized carbons (Fsp3) is 0.105. The van der Waals surface area contributed by atoms with E-state index in [9.17, 15) is 22.8 Å². The van der Waals surface area contributed by atoms with Gasteiger partial charge in [-0.15, -0.1) is 13.2 Å². The van der Waals surface area contributed by atoms with Crippen molar-refractivity contribution in [2.24, 2.45) is 0 Å². The number of halogens is 4. The van der Waals surface area contributed by atoms with E-state index in [1.54, 1.807) is 30.3 Å². The molecule has 1 N–H and O–H groups in total. The molecular formula is C19H12ClF3N2O4. The van der Waals surface area contributed by atoms with Gasteiger partial charge in [0.1, 0.15) is 17.4 Å². The van der Waals surface area contributed by atoms with Crippen molar-refractivity contribution in [1.82, 2.24) is 0 Å². The lowest BCUT2D eigenvalue weighted by Crippen LogP contribution is -2.21. The Morgan fingerprint density at radius 3 is 2.28 bits per heavy atom. The average Bonchev–Trinajstić information content (AvgIpc) is 2.66. The number of hydrogen-bond acceptors (Lipinski definition) is 5. The van der Waals surface area contributed by atoms with Crippen LogP contribution in [0, 0.1) is 11.3 Å². The van der Waals surface area contributed by atoms with Crippen LogP contribution in [0.4, 0.5) is 18.9 Å². The second-order valence-electron chi connectivity index (χ2n) is 5.42. The van der Waals surface area contributed by atoms with Crippen molar-refractivity contribution >= 4 is 35.2 Å². The summed E-state index contributed by atoms with van der Waals surface area (Å²) in [6.45, 7) is -0.695. The molecule has 29 heavy (non-hydrogen) atoms. The molecule has 0 saturated carbocycles. The van der Waals surface area contributed by atoms with Crippen molar-refractivity contribution in [3.05, 3.63) is 64.7 Å². The van der Waals surface area contributed by atoms with Gasteiger partial charge in [0.25, 0.3) is 5.91 Å². The Kier molecular flexibility index (Phi) is 7.22. The number of alkyl halides is 3. The summed E-state index contributed by atoms with van der Waals surface area (Å²) in [5.74, 6) is -2.20. The first-order chi connectivity index (χ1) is 13.7. The number of anilines is 1. The van der Waals surface area contributed by atoms with E-state index in [-0.39, 0.29) is 11.3 Å². The van der Waals surface area contributed by atoms with Gasteiger partial charge in [-0.05, 0) is 48.0 Å². The largest absolute Gasteiger partial charge is 0.573 e. The Labute approximate surface area is 168 Å². The van der Waals surface area contributed by atoms with Crippen LogP contribution in [0.15, 0.2) is 54.1 Å². The summed E-state index contributed by atoms with van der Waals surface area (Å²) in [5.41, 5.74) is 0.375. The molecular weight excluding hydrogens is 413 g/mol. The van der Waals surface area contributed by atoms with E-state index >= 15 is 0 Å². The second kappa shape index (κ2) is 9.61. The fourth-order valence-corrected chi connectivity index (χ4v) is 2.13. The summed E-state index contributed by atoms with van der Waals surface area (Å²) in [7, 11) is 0. The summed E-state index contributed by atoms with van der Waals surface area (Å²) >= 11 is 5.75. The van der Waals surface area contributed by atoms with Crippen LogP contribution in [0.5, 0.6) is 5.75 Å². The van der Waals surface area contributed by atoms with Gasteiger partial charge < -0.3 is 14.8 Å². The highest BCUT2D eigenvalue weighted by molar-refractivity contribution is 6.30.